The molecular formula is C14H19N3O3. The van der Waals surface area contributed by atoms with E-state index >= 15 is 0 Å². The van der Waals surface area contributed by atoms with E-state index in [2.05, 4.69) is 0 Å². The van der Waals surface area contributed by atoms with Crippen LogP contribution in [-0.2, 0) is 9.59 Å². The zero-order chi connectivity index (χ0) is 15.1. The summed E-state index contributed by atoms with van der Waals surface area (Å²) in [5.41, 5.74) is 10.8. The van der Waals surface area contributed by atoms with Crippen LogP contribution in [0.4, 0.5) is 0 Å². The van der Waals surface area contributed by atoms with Crippen LogP contribution in [0, 0.1) is 0 Å². The Morgan fingerprint density at radius 2 is 1.55 bits per heavy atom. The monoisotopic (exact) mass is 277 g/mol. The number of primary amides is 2. The van der Waals surface area contributed by atoms with Crippen molar-refractivity contribution in [1.82, 2.24) is 4.90 Å². The van der Waals surface area contributed by atoms with Gasteiger partial charge in [0.15, 0.2) is 5.78 Å². The van der Waals surface area contributed by atoms with Gasteiger partial charge in [0.05, 0.1) is 19.1 Å². The van der Waals surface area contributed by atoms with Crippen LogP contribution in [0.3, 0.4) is 0 Å². The zero-order valence-corrected chi connectivity index (χ0v) is 11.4. The molecule has 4 N–H and O–H groups in total. The maximum atomic E-state index is 12.4. The molecule has 0 aromatic heterocycles. The lowest BCUT2D eigenvalue weighted by molar-refractivity contribution is -0.122. The summed E-state index contributed by atoms with van der Waals surface area (Å²) >= 11 is 0. The van der Waals surface area contributed by atoms with E-state index in [9.17, 15) is 14.4 Å². The number of carbonyl (C=O) groups excluding carboxylic acids is 3. The molecule has 0 saturated heterocycles. The Balaban J connectivity index is 2.97. The van der Waals surface area contributed by atoms with E-state index in [1.807, 2.05) is 6.07 Å². The van der Waals surface area contributed by atoms with Gasteiger partial charge in [0.25, 0.3) is 0 Å². The molecule has 20 heavy (non-hydrogen) atoms. The van der Waals surface area contributed by atoms with Crippen molar-refractivity contribution in [3.63, 3.8) is 0 Å². The first-order chi connectivity index (χ1) is 9.45. The van der Waals surface area contributed by atoms with Crippen LogP contribution in [0.15, 0.2) is 30.3 Å². The highest BCUT2D eigenvalue weighted by molar-refractivity contribution is 6.00. The first-order valence-corrected chi connectivity index (χ1v) is 6.35. The smallest absolute Gasteiger partial charge is 0.231 e. The van der Waals surface area contributed by atoms with Gasteiger partial charge in [0, 0.05) is 5.56 Å². The van der Waals surface area contributed by atoms with Gasteiger partial charge in [-0.2, -0.15) is 0 Å². The van der Waals surface area contributed by atoms with Gasteiger partial charge in [-0.15, -0.1) is 0 Å². The first kappa shape index (κ1) is 15.8. The van der Waals surface area contributed by atoms with Gasteiger partial charge in [0.2, 0.25) is 11.8 Å². The van der Waals surface area contributed by atoms with Crippen molar-refractivity contribution < 1.29 is 14.4 Å². The van der Waals surface area contributed by atoms with Crippen molar-refractivity contribution in [3.05, 3.63) is 35.9 Å². The van der Waals surface area contributed by atoms with Crippen LogP contribution in [0.2, 0.25) is 0 Å². The third-order valence-corrected chi connectivity index (χ3v) is 2.91. The van der Waals surface area contributed by atoms with Crippen LogP contribution >= 0.6 is 0 Å². The zero-order valence-electron chi connectivity index (χ0n) is 11.4. The normalized spacial score (nSPS) is 12.1. The fraction of sp³-hybridized carbons (Fsp3) is 0.357. The molecule has 6 nitrogen and oxygen atoms in total. The summed E-state index contributed by atoms with van der Waals surface area (Å²) in [6.07, 6.45) is 0.453. The van der Waals surface area contributed by atoms with Crippen LogP contribution in [0.25, 0.3) is 0 Å². The number of carbonyl (C=O) groups is 3. The lowest BCUT2D eigenvalue weighted by Gasteiger charge is -2.27. The number of nitrogens with two attached hydrogens (primary N) is 2. The molecule has 0 radical (unpaired) electrons. The summed E-state index contributed by atoms with van der Waals surface area (Å²) in [6.45, 7) is 1.44. The van der Waals surface area contributed by atoms with Crippen LogP contribution in [0.1, 0.15) is 23.7 Å². The molecule has 1 aromatic rings. The Labute approximate surface area is 117 Å². The fourth-order valence-corrected chi connectivity index (χ4v) is 2.08. The Bertz CT molecular complexity index is 472. The number of amides is 2. The summed E-state index contributed by atoms with van der Waals surface area (Å²) < 4.78 is 0. The van der Waals surface area contributed by atoms with Crippen molar-refractivity contribution in [3.8, 4) is 0 Å². The van der Waals surface area contributed by atoms with E-state index in [1.54, 1.807) is 31.2 Å². The Morgan fingerprint density at radius 1 is 1.05 bits per heavy atom. The number of ketones is 1. The van der Waals surface area contributed by atoms with Crippen molar-refractivity contribution in [2.24, 2.45) is 11.5 Å². The number of Topliss-reactive ketones (excluding diaryl/α,β-unsaturated/α-hetero) is 1. The number of benzene rings is 1. The van der Waals surface area contributed by atoms with Gasteiger partial charge in [-0.25, -0.2) is 0 Å². The van der Waals surface area contributed by atoms with Crippen LogP contribution in [-0.4, -0.2) is 41.6 Å². The minimum Gasteiger partial charge on any atom is -0.369 e. The second-order valence-electron chi connectivity index (χ2n) is 4.49. The van der Waals surface area contributed by atoms with E-state index in [0.717, 1.165) is 0 Å². The average molecular weight is 277 g/mol. The molecule has 6 heteroatoms. The summed E-state index contributed by atoms with van der Waals surface area (Å²) in [5, 5.41) is 0. The van der Waals surface area contributed by atoms with Crippen molar-refractivity contribution >= 4 is 17.6 Å². The largest absolute Gasteiger partial charge is 0.369 e. The number of hydrogen-bond donors (Lipinski definition) is 2. The molecule has 0 heterocycles. The van der Waals surface area contributed by atoms with Gasteiger partial charge in [-0.3, -0.25) is 19.3 Å². The molecule has 0 spiro atoms. The number of rotatable bonds is 8. The SMILES string of the molecule is CCC(C(=O)c1ccccc1)N(CC(N)=O)CC(N)=O. The number of hydrogen-bond acceptors (Lipinski definition) is 4. The molecule has 0 aliphatic rings. The third kappa shape index (κ3) is 4.47. The van der Waals surface area contributed by atoms with E-state index in [-0.39, 0.29) is 18.9 Å². The third-order valence-electron chi connectivity index (χ3n) is 2.91. The summed E-state index contributed by atoms with van der Waals surface area (Å²) in [6, 6.07) is 8.11. The van der Waals surface area contributed by atoms with E-state index in [1.165, 1.54) is 4.90 Å². The van der Waals surface area contributed by atoms with Crippen molar-refractivity contribution in [2.45, 2.75) is 19.4 Å². The minimum absolute atomic E-state index is 0.157. The van der Waals surface area contributed by atoms with E-state index in [4.69, 9.17) is 11.5 Å². The lowest BCUT2D eigenvalue weighted by atomic mass is 10.0. The predicted molar refractivity (Wildman–Crippen MR) is 74.8 cm³/mol. The predicted octanol–water partition coefficient (Wildman–Crippen LogP) is -0.0795. The molecule has 108 valence electrons. The molecule has 0 fully saturated rings. The van der Waals surface area contributed by atoms with Crippen molar-refractivity contribution in [2.75, 3.05) is 13.1 Å². The molecule has 0 aliphatic heterocycles. The molecule has 0 aliphatic carbocycles. The van der Waals surface area contributed by atoms with Crippen LogP contribution in [0.5, 0.6) is 0 Å². The highest BCUT2D eigenvalue weighted by Crippen LogP contribution is 2.12. The maximum absolute atomic E-state index is 12.4. The second-order valence-corrected chi connectivity index (χ2v) is 4.49. The molecule has 2 amide bonds. The quantitative estimate of drug-likeness (QED) is 0.648. The number of nitrogens with zero attached hydrogens (tertiary/aromatic N) is 1. The average Bonchev–Trinajstić information content (AvgIpc) is 2.39. The lowest BCUT2D eigenvalue weighted by Crippen LogP contribution is -2.48. The van der Waals surface area contributed by atoms with Crippen molar-refractivity contribution in [1.29, 1.82) is 0 Å². The summed E-state index contributed by atoms with van der Waals surface area (Å²) in [5.74, 6) is -1.37. The van der Waals surface area contributed by atoms with Gasteiger partial charge in [-0.1, -0.05) is 37.3 Å². The van der Waals surface area contributed by atoms with Gasteiger partial charge < -0.3 is 11.5 Å². The first-order valence-electron chi connectivity index (χ1n) is 6.35. The van der Waals surface area contributed by atoms with Crippen LogP contribution < -0.4 is 11.5 Å². The Morgan fingerprint density at radius 3 is 1.95 bits per heavy atom. The van der Waals surface area contributed by atoms with Gasteiger partial charge >= 0.3 is 0 Å². The molecular weight excluding hydrogens is 258 g/mol. The molecule has 1 aromatic carbocycles. The molecule has 1 unspecified atom stereocenters. The van der Waals surface area contributed by atoms with Gasteiger partial charge in [0.1, 0.15) is 0 Å². The van der Waals surface area contributed by atoms with Gasteiger partial charge in [-0.05, 0) is 6.42 Å². The summed E-state index contributed by atoms with van der Waals surface area (Å²) in [4.78, 5) is 36.0. The maximum Gasteiger partial charge on any atom is 0.231 e. The molecule has 1 rings (SSSR count). The Hall–Kier alpha value is -2.21. The second kappa shape index (κ2) is 7.40. The Kier molecular flexibility index (Phi) is 5.86. The fourth-order valence-electron chi connectivity index (χ4n) is 2.08. The molecule has 1 atom stereocenters. The summed E-state index contributed by atoms with van der Waals surface area (Å²) in [7, 11) is 0. The van der Waals surface area contributed by atoms with E-state index < -0.39 is 17.9 Å². The van der Waals surface area contributed by atoms with E-state index in [0.29, 0.717) is 12.0 Å². The minimum atomic E-state index is -0.606. The molecule has 0 bridgehead atoms. The highest BCUT2D eigenvalue weighted by Gasteiger charge is 2.27. The molecule has 0 saturated carbocycles. The standard InChI is InChI=1S/C14H19N3O3/c1-2-11(14(20)10-6-4-3-5-7-10)17(8-12(15)18)9-13(16)19/h3-7,11H,2,8-9H2,1H3,(H2,15,18)(H2,16,19). The highest BCUT2D eigenvalue weighted by atomic mass is 16.2. The topological polar surface area (TPSA) is 106 Å².